The van der Waals surface area contributed by atoms with Crippen LogP contribution in [0.4, 0.5) is 5.82 Å². The fourth-order valence-electron chi connectivity index (χ4n) is 2.21. The molecule has 0 aromatic carbocycles. The highest BCUT2D eigenvalue weighted by molar-refractivity contribution is 7.98. The second kappa shape index (κ2) is 7.35. The molecule has 0 spiro atoms. The molecule has 0 atom stereocenters. The summed E-state index contributed by atoms with van der Waals surface area (Å²) in [4.78, 5) is 25.1. The molecule has 22 heavy (non-hydrogen) atoms. The van der Waals surface area contributed by atoms with Crippen LogP contribution >= 0.6 is 11.8 Å². The van der Waals surface area contributed by atoms with Crippen LogP contribution in [0.3, 0.4) is 0 Å². The maximum absolute atomic E-state index is 12.1. The second-order valence-electron chi connectivity index (χ2n) is 5.08. The lowest BCUT2D eigenvalue weighted by atomic mass is 10.1. The molecular weight excluding hydrogens is 296 g/mol. The maximum atomic E-state index is 12.1. The predicted molar refractivity (Wildman–Crippen MR) is 89.2 cm³/mol. The molecule has 2 aromatic heterocycles. The number of hydrogen-bond donors (Lipinski definition) is 1. The van der Waals surface area contributed by atoms with Crippen molar-refractivity contribution in [2.45, 2.75) is 38.8 Å². The van der Waals surface area contributed by atoms with E-state index in [2.05, 4.69) is 20.3 Å². The van der Waals surface area contributed by atoms with Gasteiger partial charge in [-0.3, -0.25) is 4.79 Å². The van der Waals surface area contributed by atoms with E-state index >= 15 is 0 Å². The fourth-order valence-corrected chi connectivity index (χ4v) is 2.67. The van der Waals surface area contributed by atoms with Crippen molar-refractivity contribution in [3.63, 3.8) is 0 Å². The van der Waals surface area contributed by atoms with Crippen molar-refractivity contribution in [3.8, 4) is 0 Å². The molecule has 6 heteroatoms. The number of hydrogen-bond acceptors (Lipinski definition) is 5. The smallest absolute Gasteiger partial charge is 0.225 e. The first kappa shape index (κ1) is 16.4. The van der Waals surface area contributed by atoms with E-state index in [0.717, 1.165) is 27.7 Å². The quantitative estimate of drug-likeness (QED) is 0.678. The number of pyridine rings is 1. The van der Waals surface area contributed by atoms with Gasteiger partial charge < -0.3 is 5.32 Å². The normalized spacial score (nSPS) is 10.5. The van der Waals surface area contributed by atoms with Crippen LogP contribution in [-0.2, 0) is 11.2 Å². The van der Waals surface area contributed by atoms with E-state index in [1.807, 2.05) is 39.2 Å². The molecule has 0 aliphatic carbocycles. The van der Waals surface area contributed by atoms with Crippen LogP contribution < -0.4 is 5.32 Å². The van der Waals surface area contributed by atoms with Gasteiger partial charge in [-0.25, -0.2) is 15.0 Å². The number of amides is 1. The molecule has 1 N–H and O–H groups in total. The fraction of sp³-hybridized carbons (Fsp3) is 0.375. The van der Waals surface area contributed by atoms with Crippen molar-refractivity contribution in [1.29, 1.82) is 0 Å². The van der Waals surface area contributed by atoms with Gasteiger partial charge in [0.25, 0.3) is 0 Å². The SMILES string of the molecule is CSc1nc(C)c(CCC(=O)Nc2ncccc2C)c(C)n1. The third kappa shape index (κ3) is 4.04. The molecule has 0 bridgehead atoms. The Bertz CT molecular complexity index is 665. The van der Waals surface area contributed by atoms with E-state index in [4.69, 9.17) is 0 Å². The lowest BCUT2D eigenvalue weighted by Crippen LogP contribution is -2.15. The highest BCUT2D eigenvalue weighted by Crippen LogP contribution is 2.17. The van der Waals surface area contributed by atoms with Gasteiger partial charge in [-0.05, 0) is 50.6 Å². The minimum atomic E-state index is -0.0467. The Hall–Kier alpha value is -1.95. The molecule has 2 aromatic rings. The van der Waals surface area contributed by atoms with Crippen LogP contribution in [0.2, 0.25) is 0 Å². The predicted octanol–water partition coefficient (Wildman–Crippen LogP) is 3.09. The van der Waals surface area contributed by atoms with Crippen molar-refractivity contribution in [2.75, 3.05) is 11.6 Å². The van der Waals surface area contributed by atoms with E-state index in [0.29, 0.717) is 18.7 Å². The van der Waals surface area contributed by atoms with Gasteiger partial charge in [0.05, 0.1) is 0 Å². The van der Waals surface area contributed by atoms with Crippen molar-refractivity contribution in [3.05, 3.63) is 40.8 Å². The molecule has 0 fully saturated rings. The molecule has 2 rings (SSSR count). The first-order chi connectivity index (χ1) is 10.5. The molecule has 5 nitrogen and oxygen atoms in total. The zero-order valence-corrected chi connectivity index (χ0v) is 14.1. The van der Waals surface area contributed by atoms with E-state index < -0.39 is 0 Å². The first-order valence-electron chi connectivity index (χ1n) is 7.11. The zero-order chi connectivity index (χ0) is 16.1. The molecule has 0 saturated carbocycles. The lowest BCUT2D eigenvalue weighted by molar-refractivity contribution is -0.116. The minimum absolute atomic E-state index is 0.0467. The second-order valence-corrected chi connectivity index (χ2v) is 5.85. The number of thioether (sulfide) groups is 1. The van der Waals surface area contributed by atoms with Crippen molar-refractivity contribution < 1.29 is 4.79 Å². The van der Waals surface area contributed by atoms with Gasteiger partial charge in [0.15, 0.2) is 5.16 Å². The molecule has 0 aliphatic heterocycles. The third-order valence-corrected chi connectivity index (χ3v) is 4.00. The number of carbonyl (C=O) groups is 1. The lowest BCUT2D eigenvalue weighted by Gasteiger charge is -2.10. The summed E-state index contributed by atoms with van der Waals surface area (Å²) >= 11 is 1.52. The highest BCUT2D eigenvalue weighted by atomic mass is 32.2. The van der Waals surface area contributed by atoms with Crippen molar-refractivity contribution in [2.24, 2.45) is 0 Å². The van der Waals surface area contributed by atoms with Crippen LogP contribution in [0.25, 0.3) is 0 Å². The van der Waals surface area contributed by atoms with Gasteiger partial charge in [0, 0.05) is 24.0 Å². The number of nitrogens with zero attached hydrogens (tertiary/aromatic N) is 3. The molecule has 0 aliphatic rings. The number of carbonyl (C=O) groups excluding carboxylic acids is 1. The van der Waals surface area contributed by atoms with Gasteiger partial charge in [-0.15, -0.1) is 0 Å². The van der Waals surface area contributed by atoms with E-state index in [1.54, 1.807) is 6.20 Å². The average Bonchev–Trinajstić information content (AvgIpc) is 2.48. The number of aryl methyl sites for hydroxylation is 3. The molecule has 0 radical (unpaired) electrons. The summed E-state index contributed by atoms with van der Waals surface area (Å²) in [5.74, 6) is 0.574. The Morgan fingerprint density at radius 2 is 1.91 bits per heavy atom. The van der Waals surface area contributed by atoms with Crippen molar-refractivity contribution >= 4 is 23.5 Å². The van der Waals surface area contributed by atoms with Crippen LogP contribution in [0.5, 0.6) is 0 Å². The van der Waals surface area contributed by atoms with E-state index in [1.165, 1.54) is 11.8 Å². The third-order valence-electron chi connectivity index (χ3n) is 3.45. The molecule has 1 amide bonds. The van der Waals surface area contributed by atoms with Crippen molar-refractivity contribution in [1.82, 2.24) is 15.0 Å². The number of aromatic nitrogens is 3. The Morgan fingerprint density at radius 1 is 1.23 bits per heavy atom. The van der Waals surface area contributed by atoms with E-state index in [-0.39, 0.29) is 5.91 Å². The Balaban J connectivity index is 2.01. The Morgan fingerprint density at radius 3 is 2.50 bits per heavy atom. The summed E-state index contributed by atoms with van der Waals surface area (Å²) < 4.78 is 0. The first-order valence-corrected chi connectivity index (χ1v) is 8.33. The van der Waals surface area contributed by atoms with Gasteiger partial charge >= 0.3 is 0 Å². The molecular formula is C16H20N4OS. The van der Waals surface area contributed by atoms with Crippen LogP contribution in [0, 0.1) is 20.8 Å². The van der Waals surface area contributed by atoms with Crippen LogP contribution in [0.1, 0.15) is 28.9 Å². The summed E-state index contributed by atoms with van der Waals surface area (Å²) in [5, 5.41) is 3.62. The van der Waals surface area contributed by atoms with Crippen LogP contribution in [0.15, 0.2) is 23.5 Å². The Labute approximate surface area is 135 Å². The summed E-state index contributed by atoms with van der Waals surface area (Å²) in [6, 6.07) is 3.77. The molecule has 0 unspecified atom stereocenters. The average molecular weight is 316 g/mol. The van der Waals surface area contributed by atoms with Gasteiger partial charge in [-0.1, -0.05) is 17.8 Å². The minimum Gasteiger partial charge on any atom is -0.310 e. The topological polar surface area (TPSA) is 67.8 Å². The van der Waals surface area contributed by atoms with Crippen LogP contribution in [-0.4, -0.2) is 27.1 Å². The maximum Gasteiger partial charge on any atom is 0.225 e. The summed E-state index contributed by atoms with van der Waals surface area (Å²) in [6.07, 6.45) is 4.64. The van der Waals surface area contributed by atoms with Gasteiger partial charge in [0.1, 0.15) is 5.82 Å². The summed E-state index contributed by atoms with van der Waals surface area (Å²) in [6.45, 7) is 5.85. The molecule has 116 valence electrons. The number of nitrogens with one attached hydrogen (secondary N) is 1. The monoisotopic (exact) mass is 316 g/mol. The molecule has 2 heterocycles. The van der Waals surface area contributed by atoms with Gasteiger partial charge in [0.2, 0.25) is 5.91 Å². The number of rotatable bonds is 5. The number of anilines is 1. The zero-order valence-electron chi connectivity index (χ0n) is 13.3. The standard InChI is InChI=1S/C16H20N4OS/c1-10-6-5-9-17-15(10)20-14(21)8-7-13-11(2)18-16(22-4)19-12(13)3/h5-6,9H,7-8H2,1-4H3,(H,17,20,21). The summed E-state index contributed by atoms with van der Waals surface area (Å²) in [7, 11) is 0. The molecule has 0 saturated heterocycles. The van der Waals surface area contributed by atoms with Gasteiger partial charge in [-0.2, -0.15) is 0 Å². The largest absolute Gasteiger partial charge is 0.310 e. The highest BCUT2D eigenvalue weighted by Gasteiger charge is 2.11. The van der Waals surface area contributed by atoms with E-state index in [9.17, 15) is 4.79 Å². The Kier molecular flexibility index (Phi) is 5.49. The summed E-state index contributed by atoms with van der Waals surface area (Å²) in [5.41, 5.74) is 3.89.